The van der Waals surface area contributed by atoms with Gasteiger partial charge < -0.3 is 5.32 Å². The maximum Gasteiger partial charge on any atom is 0.224 e. The Morgan fingerprint density at radius 2 is 2.54 bits per heavy atom. The van der Waals surface area contributed by atoms with Gasteiger partial charge in [-0.2, -0.15) is 11.8 Å². The molecule has 1 amide bonds. The molecule has 0 saturated carbocycles. The lowest BCUT2D eigenvalue weighted by atomic mass is 10.1. The normalized spacial score (nSPS) is 24.3. The molecule has 1 saturated heterocycles. The number of hydrogen-bond donors (Lipinski definition) is 1. The number of hydrogen-bond acceptors (Lipinski definition) is 2. The molecule has 1 rings (SSSR count). The number of rotatable bonds is 4. The van der Waals surface area contributed by atoms with Crippen LogP contribution >= 0.6 is 23.4 Å². The van der Waals surface area contributed by atoms with Crippen LogP contribution in [0.25, 0.3) is 0 Å². The van der Waals surface area contributed by atoms with Gasteiger partial charge in [0.25, 0.3) is 0 Å². The van der Waals surface area contributed by atoms with E-state index in [1.165, 1.54) is 0 Å². The largest absolute Gasteiger partial charge is 0.352 e. The van der Waals surface area contributed by atoms with Gasteiger partial charge in [-0.3, -0.25) is 4.79 Å². The molecule has 76 valence electrons. The lowest BCUT2D eigenvalue weighted by Gasteiger charge is -2.16. The van der Waals surface area contributed by atoms with Crippen molar-refractivity contribution in [1.29, 1.82) is 0 Å². The van der Waals surface area contributed by atoms with Crippen LogP contribution in [0, 0.1) is 5.92 Å². The molecule has 2 atom stereocenters. The van der Waals surface area contributed by atoms with Crippen LogP contribution in [0.15, 0.2) is 0 Å². The van der Waals surface area contributed by atoms with Gasteiger partial charge in [-0.25, -0.2) is 0 Å². The minimum absolute atomic E-state index is 0.153. The molecule has 2 unspecified atom stereocenters. The van der Waals surface area contributed by atoms with Gasteiger partial charge in [0.05, 0.1) is 0 Å². The number of carbonyl (C=O) groups is 1. The summed E-state index contributed by atoms with van der Waals surface area (Å²) in [5.41, 5.74) is 0. The first-order chi connectivity index (χ1) is 6.27. The maximum atomic E-state index is 11.6. The van der Waals surface area contributed by atoms with Crippen molar-refractivity contribution < 1.29 is 4.79 Å². The molecule has 1 N–H and O–H groups in total. The van der Waals surface area contributed by atoms with Crippen LogP contribution in [0.4, 0.5) is 0 Å². The lowest BCUT2D eigenvalue weighted by Crippen LogP contribution is -2.39. The Balaban J connectivity index is 2.30. The molecule has 1 fully saturated rings. The zero-order valence-electron chi connectivity index (χ0n) is 7.88. The second-order valence-corrected chi connectivity index (χ2v) is 4.79. The quantitative estimate of drug-likeness (QED) is 0.735. The third-order valence-corrected chi connectivity index (χ3v) is 3.86. The zero-order valence-corrected chi connectivity index (χ0v) is 9.46. The van der Waals surface area contributed by atoms with Crippen molar-refractivity contribution in [3.05, 3.63) is 0 Å². The molecule has 13 heavy (non-hydrogen) atoms. The van der Waals surface area contributed by atoms with Crippen molar-refractivity contribution in [2.45, 2.75) is 25.8 Å². The fourth-order valence-corrected chi connectivity index (χ4v) is 2.83. The topological polar surface area (TPSA) is 29.1 Å². The summed E-state index contributed by atoms with van der Waals surface area (Å²) in [7, 11) is 0. The summed E-state index contributed by atoms with van der Waals surface area (Å²) < 4.78 is 0. The molecule has 1 aliphatic rings. The minimum Gasteiger partial charge on any atom is -0.352 e. The predicted octanol–water partition coefficient (Wildman–Crippen LogP) is 1.87. The molecule has 0 bridgehead atoms. The van der Waals surface area contributed by atoms with E-state index in [4.69, 9.17) is 11.6 Å². The van der Waals surface area contributed by atoms with E-state index < -0.39 is 0 Å². The van der Waals surface area contributed by atoms with E-state index in [0.717, 1.165) is 24.3 Å². The van der Waals surface area contributed by atoms with Crippen LogP contribution in [0.2, 0.25) is 0 Å². The molecule has 0 radical (unpaired) electrons. The summed E-state index contributed by atoms with van der Waals surface area (Å²) in [5.74, 6) is 3.03. The van der Waals surface area contributed by atoms with E-state index in [0.29, 0.717) is 5.88 Å². The fourth-order valence-electron chi connectivity index (χ4n) is 1.31. The Morgan fingerprint density at radius 1 is 1.77 bits per heavy atom. The van der Waals surface area contributed by atoms with Crippen LogP contribution in [0.3, 0.4) is 0 Å². The van der Waals surface area contributed by atoms with Gasteiger partial charge in [0, 0.05) is 23.6 Å². The Bertz CT molecular complexity index is 167. The smallest absolute Gasteiger partial charge is 0.224 e. The van der Waals surface area contributed by atoms with Gasteiger partial charge in [0.2, 0.25) is 5.91 Å². The van der Waals surface area contributed by atoms with Gasteiger partial charge in [-0.05, 0) is 18.6 Å². The van der Waals surface area contributed by atoms with Gasteiger partial charge in [0.1, 0.15) is 0 Å². The summed E-state index contributed by atoms with van der Waals surface area (Å²) in [6, 6.07) is 0.153. The van der Waals surface area contributed by atoms with Crippen LogP contribution in [-0.4, -0.2) is 29.3 Å². The fraction of sp³-hybridized carbons (Fsp3) is 0.889. The van der Waals surface area contributed by atoms with Gasteiger partial charge in [-0.15, -0.1) is 11.6 Å². The van der Waals surface area contributed by atoms with Crippen LogP contribution in [0.1, 0.15) is 19.8 Å². The van der Waals surface area contributed by atoms with Crippen LogP contribution < -0.4 is 5.32 Å². The number of nitrogens with one attached hydrogen (secondary N) is 1. The molecule has 0 spiro atoms. The Morgan fingerprint density at radius 3 is 3.00 bits per heavy atom. The molecule has 1 heterocycles. The number of halogens is 1. The first kappa shape index (κ1) is 11.2. The monoisotopic (exact) mass is 221 g/mol. The van der Waals surface area contributed by atoms with Gasteiger partial charge >= 0.3 is 0 Å². The summed E-state index contributed by atoms with van der Waals surface area (Å²) in [5, 5.41) is 2.97. The van der Waals surface area contributed by atoms with Crippen molar-refractivity contribution >= 4 is 29.3 Å². The van der Waals surface area contributed by atoms with Crippen LogP contribution in [0.5, 0.6) is 0 Å². The molecule has 0 aliphatic carbocycles. The third-order valence-electron chi connectivity index (χ3n) is 2.33. The van der Waals surface area contributed by atoms with Crippen molar-refractivity contribution in [3.63, 3.8) is 0 Å². The number of amides is 1. The summed E-state index contributed by atoms with van der Waals surface area (Å²) in [4.78, 5) is 11.6. The lowest BCUT2D eigenvalue weighted by molar-refractivity contribution is -0.124. The molecular formula is C9H16ClNOS. The predicted molar refractivity (Wildman–Crippen MR) is 58.4 cm³/mol. The van der Waals surface area contributed by atoms with E-state index in [1.807, 2.05) is 18.7 Å². The molecule has 4 heteroatoms. The van der Waals surface area contributed by atoms with Crippen molar-refractivity contribution in [1.82, 2.24) is 5.32 Å². The highest BCUT2D eigenvalue weighted by Gasteiger charge is 2.24. The average Bonchev–Trinajstić information content (AvgIpc) is 2.66. The standard InChI is InChI=1S/C9H16ClNOS/c1-2-8(5-10)11-9(12)7-3-4-13-6-7/h7-8H,2-6H2,1H3,(H,11,12). The average molecular weight is 222 g/mol. The molecule has 0 aromatic rings. The highest BCUT2D eigenvalue weighted by Crippen LogP contribution is 2.23. The third kappa shape index (κ3) is 3.39. The molecule has 0 aromatic heterocycles. The number of thioether (sulfide) groups is 1. The zero-order chi connectivity index (χ0) is 9.68. The number of alkyl halides is 1. The minimum atomic E-state index is 0.153. The van der Waals surface area contributed by atoms with E-state index >= 15 is 0 Å². The number of carbonyl (C=O) groups excluding carboxylic acids is 1. The SMILES string of the molecule is CCC(CCl)NC(=O)C1CCSC1. The first-order valence-corrected chi connectivity index (χ1v) is 6.41. The molecule has 2 nitrogen and oxygen atoms in total. The van der Waals surface area contributed by atoms with E-state index in [2.05, 4.69) is 5.32 Å². The second-order valence-electron chi connectivity index (χ2n) is 3.33. The second kappa shape index (κ2) is 5.76. The first-order valence-electron chi connectivity index (χ1n) is 4.72. The van der Waals surface area contributed by atoms with E-state index in [-0.39, 0.29) is 17.9 Å². The Labute approximate surface area is 88.8 Å². The van der Waals surface area contributed by atoms with Crippen molar-refractivity contribution in [2.75, 3.05) is 17.4 Å². The van der Waals surface area contributed by atoms with Gasteiger partial charge in [0.15, 0.2) is 0 Å². The summed E-state index contributed by atoms with van der Waals surface area (Å²) in [6.45, 7) is 2.04. The molecule has 1 aliphatic heterocycles. The summed E-state index contributed by atoms with van der Waals surface area (Å²) in [6.07, 6.45) is 1.93. The molecule has 0 aromatic carbocycles. The van der Waals surface area contributed by atoms with E-state index in [9.17, 15) is 4.79 Å². The summed E-state index contributed by atoms with van der Waals surface area (Å²) >= 11 is 7.56. The van der Waals surface area contributed by atoms with Crippen molar-refractivity contribution in [2.24, 2.45) is 5.92 Å². The molecular weight excluding hydrogens is 206 g/mol. The van der Waals surface area contributed by atoms with Crippen LogP contribution in [-0.2, 0) is 4.79 Å². The van der Waals surface area contributed by atoms with Crippen molar-refractivity contribution in [3.8, 4) is 0 Å². The highest BCUT2D eigenvalue weighted by atomic mass is 35.5. The van der Waals surface area contributed by atoms with Gasteiger partial charge in [-0.1, -0.05) is 6.92 Å². The highest BCUT2D eigenvalue weighted by molar-refractivity contribution is 7.99. The maximum absolute atomic E-state index is 11.6. The van der Waals surface area contributed by atoms with E-state index in [1.54, 1.807) is 0 Å². The Hall–Kier alpha value is 0.110. The Kier molecular flexibility index (Phi) is 4.96.